The number of halogens is 2. The van der Waals surface area contributed by atoms with E-state index in [2.05, 4.69) is 15.9 Å². The van der Waals surface area contributed by atoms with Crippen LogP contribution < -0.4 is 0 Å². The highest BCUT2D eigenvalue weighted by molar-refractivity contribution is 9.10. The van der Waals surface area contributed by atoms with Gasteiger partial charge < -0.3 is 9.47 Å². The van der Waals surface area contributed by atoms with Crippen molar-refractivity contribution in [1.29, 1.82) is 0 Å². The van der Waals surface area contributed by atoms with E-state index in [1.165, 1.54) is 19.2 Å². The molecule has 0 spiro atoms. The van der Waals surface area contributed by atoms with Crippen molar-refractivity contribution in [3.05, 3.63) is 33.5 Å². The summed E-state index contributed by atoms with van der Waals surface area (Å²) in [5, 5.41) is 0. The number of hydrogen-bond acceptors (Lipinski definition) is 3. The Kier molecular flexibility index (Phi) is 5.05. The quantitative estimate of drug-likeness (QED) is 0.618. The molecule has 0 radical (unpaired) electrons. The van der Waals surface area contributed by atoms with Crippen LogP contribution >= 0.6 is 15.9 Å². The number of rotatable bonds is 5. The van der Waals surface area contributed by atoms with E-state index in [0.717, 1.165) is 0 Å². The first-order chi connectivity index (χ1) is 7.60. The highest BCUT2D eigenvalue weighted by Crippen LogP contribution is 2.28. The third-order valence-corrected chi connectivity index (χ3v) is 2.80. The highest BCUT2D eigenvalue weighted by Gasteiger charge is 2.13. The molecule has 0 N–H and O–H groups in total. The van der Waals surface area contributed by atoms with Gasteiger partial charge in [0.25, 0.3) is 0 Å². The average Bonchev–Trinajstić information content (AvgIpc) is 2.28. The number of aldehydes is 1. The lowest BCUT2D eigenvalue weighted by Gasteiger charge is -2.15. The summed E-state index contributed by atoms with van der Waals surface area (Å²) in [6, 6.07) is 2.72. The van der Waals surface area contributed by atoms with Crippen LogP contribution in [-0.2, 0) is 9.47 Å². The first kappa shape index (κ1) is 13.3. The van der Waals surface area contributed by atoms with Crippen LogP contribution in [0.4, 0.5) is 4.39 Å². The Morgan fingerprint density at radius 2 is 2.25 bits per heavy atom. The minimum absolute atomic E-state index is 0.0227. The molecule has 1 aromatic carbocycles. The van der Waals surface area contributed by atoms with E-state index in [9.17, 15) is 9.18 Å². The predicted octanol–water partition coefficient (Wildman–Crippen LogP) is 3.08. The maximum atomic E-state index is 13.4. The number of carbonyl (C=O) groups excluding carboxylic acids is 1. The molecule has 0 unspecified atom stereocenters. The van der Waals surface area contributed by atoms with Gasteiger partial charge in [0.1, 0.15) is 12.6 Å². The Labute approximate surface area is 102 Å². The second-order valence-corrected chi connectivity index (χ2v) is 4.08. The third kappa shape index (κ3) is 3.10. The lowest BCUT2D eigenvalue weighted by atomic mass is 10.1. The van der Waals surface area contributed by atoms with E-state index in [1.54, 1.807) is 6.92 Å². The van der Waals surface area contributed by atoms with Crippen LogP contribution in [0.15, 0.2) is 16.6 Å². The zero-order valence-electron chi connectivity index (χ0n) is 9.00. The van der Waals surface area contributed by atoms with Crippen molar-refractivity contribution in [3.8, 4) is 0 Å². The van der Waals surface area contributed by atoms with Gasteiger partial charge in [-0.2, -0.15) is 0 Å². The van der Waals surface area contributed by atoms with Gasteiger partial charge in [-0.15, -0.1) is 0 Å². The van der Waals surface area contributed by atoms with Gasteiger partial charge in [0, 0.05) is 11.6 Å². The molecular formula is C11H12BrFO3. The van der Waals surface area contributed by atoms with Crippen LogP contribution in [0.2, 0.25) is 0 Å². The standard InChI is InChI=1S/C11H12BrFO3/c1-7(16-6-15-2)9-4-11(13)8(5-14)3-10(9)12/h3-5,7H,6H2,1-2H3/t7-/m1/s1. The fourth-order valence-corrected chi connectivity index (χ4v) is 1.92. The van der Waals surface area contributed by atoms with E-state index >= 15 is 0 Å². The van der Waals surface area contributed by atoms with Crippen molar-refractivity contribution in [1.82, 2.24) is 0 Å². The van der Waals surface area contributed by atoms with Crippen molar-refractivity contribution in [2.45, 2.75) is 13.0 Å². The number of carbonyl (C=O) groups is 1. The second-order valence-electron chi connectivity index (χ2n) is 3.23. The topological polar surface area (TPSA) is 35.5 Å². The first-order valence-corrected chi connectivity index (χ1v) is 5.44. The van der Waals surface area contributed by atoms with Gasteiger partial charge in [-0.05, 0) is 24.6 Å². The molecule has 0 saturated heterocycles. The molecule has 16 heavy (non-hydrogen) atoms. The van der Waals surface area contributed by atoms with Crippen LogP contribution in [0.25, 0.3) is 0 Å². The van der Waals surface area contributed by atoms with Crippen LogP contribution in [0.5, 0.6) is 0 Å². The molecule has 1 rings (SSSR count). The molecule has 0 aromatic heterocycles. The van der Waals surface area contributed by atoms with Gasteiger partial charge in [-0.25, -0.2) is 4.39 Å². The molecule has 0 fully saturated rings. The SMILES string of the molecule is COCO[C@H](C)c1cc(F)c(C=O)cc1Br. The maximum Gasteiger partial charge on any atom is 0.153 e. The predicted molar refractivity (Wildman–Crippen MR) is 60.9 cm³/mol. The lowest BCUT2D eigenvalue weighted by molar-refractivity contribution is -0.0669. The van der Waals surface area contributed by atoms with Crippen LogP contribution in [0.1, 0.15) is 28.9 Å². The molecule has 0 aliphatic rings. The summed E-state index contributed by atoms with van der Waals surface area (Å²) in [4.78, 5) is 10.5. The Hall–Kier alpha value is -0.780. The van der Waals surface area contributed by atoms with Gasteiger partial charge in [0.2, 0.25) is 0 Å². The molecule has 0 aliphatic carbocycles. The summed E-state index contributed by atoms with van der Waals surface area (Å²) in [5.74, 6) is -0.555. The molecule has 0 amide bonds. The molecule has 1 atom stereocenters. The normalized spacial score (nSPS) is 12.5. The number of benzene rings is 1. The first-order valence-electron chi connectivity index (χ1n) is 4.64. The van der Waals surface area contributed by atoms with Gasteiger partial charge in [0.15, 0.2) is 6.29 Å². The zero-order valence-corrected chi connectivity index (χ0v) is 10.6. The van der Waals surface area contributed by atoms with Crippen LogP contribution in [-0.4, -0.2) is 20.2 Å². The molecular weight excluding hydrogens is 279 g/mol. The minimum Gasteiger partial charge on any atom is -0.359 e. The van der Waals surface area contributed by atoms with E-state index in [4.69, 9.17) is 9.47 Å². The number of hydrogen-bond donors (Lipinski definition) is 0. The molecule has 88 valence electrons. The Bertz CT molecular complexity index is 382. The smallest absolute Gasteiger partial charge is 0.153 e. The van der Waals surface area contributed by atoms with E-state index in [1.807, 2.05) is 0 Å². The molecule has 1 aromatic rings. The number of ether oxygens (including phenoxy) is 2. The fourth-order valence-electron chi connectivity index (χ4n) is 1.24. The fraction of sp³-hybridized carbons (Fsp3) is 0.364. The molecule has 3 nitrogen and oxygen atoms in total. The largest absolute Gasteiger partial charge is 0.359 e. The molecule has 0 bridgehead atoms. The Balaban J connectivity index is 2.96. The Morgan fingerprint density at radius 3 is 2.81 bits per heavy atom. The summed E-state index contributed by atoms with van der Waals surface area (Å²) < 4.78 is 24.1. The average molecular weight is 291 g/mol. The molecule has 0 heterocycles. The monoisotopic (exact) mass is 290 g/mol. The summed E-state index contributed by atoms with van der Waals surface area (Å²) in [5.41, 5.74) is 0.662. The van der Waals surface area contributed by atoms with Crippen molar-refractivity contribution in [3.63, 3.8) is 0 Å². The maximum absolute atomic E-state index is 13.4. The van der Waals surface area contributed by atoms with Crippen molar-refractivity contribution < 1.29 is 18.7 Å². The third-order valence-electron chi connectivity index (χ3n) is 2.12. The zero-order chi connectivity index (χ0) is 12.1. The van der Waals surface area contributed by atoms with Crippen molar-refractivity contribution >= 4 is 22.2 Å². The summed E-state index contributed by atoms with van der Waals surface area (Å²) in [7, 11) is 1.51. The molecule has 0 saturated carbocycles. The van der Waals surface area contributed by atoms with Gasteiger partial charge in [-0.1, -0.05) is 15.9 Å². The van der Waals surface area contributed by atoms with E-state index < -0.39 is 5.82 Å². The van der Waals surface area contributed by atoms with Crippen molar-refractivity contribution in [2.24, 2.45) is 0 Å². The van der Waals surface area contributed by atoms with Gasteiger partial charge >= 0.3 is 0 Å². The molecule has 0 aliphatic heterocycles. The minimum atomic E-state index is -0.555. The van der Waals surface area contributed by atoms with Gasteiger partial charge in [-0.3, -0.25) is 4.79 Å². The van der Waals surface area contributed by atoms with Crippen LogP contribution in [0, 0.1) is 5.82 Å². The number of methoxy groups -OCH3 is 1. The van der Waals surface area contributed by atoms with Gasteiger partial charge in [0.05, 0.1) is 11.7 Å². The van der Waals surface area contributed by atoms with E-state index in [0.29, 0.717) is 16.3 Å². The van der Waals surface area contributed by atoms with Crippen LogP contribution in [0.3, 0.4) is 0 Å². The van der Waals surface area contributed by atoms with Crippen molar-refractivity contribution in [2.75, 3.05) is 13.9 Å². The lowest BCUT2D eigenvalue weighted by Crippen LogP contribution is -2.05. The van der Waals surface area contributed by atoms with E-state index in [-0.39, 0.29) is 18.5 Å². The second kappa shape index (κ2) is 6.08. The highest BCUT2D eigenvalue weighted by atomic mass is 79.9. The summed E-state index contributed by atoms with van der Waals surface area (Å²) in [6.07, 6.45) is 0.161. The summed E-state index contributed by atoms with van der Waals surface area (Å²) in [6.45, 7) is 1.91. The molecule has 5 heteroatoms. The Morgan fingerprint density at radius 1 is 1.56 bits per heavy atom. The summed E-state index contributed by atoms with van der Waals surface area (Å²) >= 11 is 3.27.